The number of nitrogens with zero attached hydrogens (tertiary/aromatic N) is 1. The molecule has 3 rings (SSSR count). The van der Waals surface area contributed by atoms with Crippen LogP contribution in [0.5, 0.6) is 0 Å². The number of esters is 1. The highest BCUT2D eigenvalue weighted by atomic mass is 32.1. The van der Waals surface area contributed by atoms with E-state index in [9.17, 15) is 19.8 Å². The Hall–Kier alpha value is -1.61. The molecule has 0 spiro atoms. The number of fused-ring (bicyclic) bond motifs is 1. The first-order valence-electron chi connectivity index (χ1n) is 12.3. The number of ketones is 1. The maximum Gasteiger partial charge on any atom is 0.309 e. The standard InChI is InChI=1S/C26H39NO6S/c1-14-8-7-9-19-21(32-19)11-20(15(2)10-18-13-34-17(4)27-18)33-23(29)12-22(28)26(5,6)25(31)16(3)24(14)30/h10,13-14,16,19-22,24,28,30H,7-9,11-12H2,1-6H3/t14?,16-,19-,20?,21+,22+,24+/m1/s1. The summed E-state index contributed by atoms with van der Waals surface area (Å²) in [7, 11) is 0. The van der Waals surface area contributed by atoms with E-state index in [0.29, 0.717) is 6.42 Å². The molecule has 2 saturated heterocycles. The minimum absolute atomic E-state index is 0.00770. The molecule has 1 aromatic heterocycles. The number of aliphatic hydroxyl groups is 2. The van der Waals surface area contributed by atoms with Crippen molar-refractivity contribution in [3.05, 3.63) is 21.7 Å². The number of Topliss-reactive ketones (excluding diaryl/α,β-unsaturated/α-hetero) is 1. The maximum atomic E-state index is 13.2. The fourth-order valence-electron chi connectivity index (χ4n) is 4.78. The fraction of sp³-hybridized carbons (Fsp3) is 0.731. The van der Waals surface area contributed by atoms with Crippen molar-refractivity contribution in [1.82, 2.24) is 4.98 Å². The zero-order valence-electron chi connectivity index (χ0n) is 21.1. The summed E-state index contributed by atoms with van der Waals surface area (Å²) in [6.07, 6.45) is 2.28. The van der Waals surface area contributed by atoms with Crippen LogP contribution in [0.15, 0.2) is 11.0 Å². The van der Waals surface area contributed by atoms with Crippen molar-refractivity contribution in [3.63, 3.8) is 0 Å². The molecule has 7 atom stereocenters. The molecule has 1 aromatic rings. The van der Waals surface area contributed by atoms with Crippen LogP contribution in [-0.4, -0.2) is 57.5 Å². The number of cyclic esters (lactones) is 1. The summed E-state index contributed by atoms with van der Waals surface area (Å²) in [5.74, 6) is -1.52. The van der Waals surface area contributed by atoms with Crippen LogP contribution in [0, 0.1) is 24.2 Å². The number of ether oxygens (including phenoxy) is 2. The van der Waals surface area contributed by atoms with Gasteiger partial charge in [0.05, 0.1) is 47.0 Å². The van der Waals surface area contributed by atoms with Crippen LogP contribution in [0.2, 0.25) is 0 Å². The van der Waals surface area contributed by atoms with Crippen molar-refractivity contribution >= 4 is 29.2 Å². The first-order chi connectivity index (χ1) is 15.9. The Morgan fingerprint density at radius 2 is 1.91 bits per heavy atom. The van der Waals surface area contributed by atoms with Crippen molar-refractivity contribution in [2.24, 2.45) is 17.3 Å². The normalized spacial score (nSPS) is 36.0. The summed E-state index contributed by atoms with van der Waals surface area (Å²) in [6, 6.07) is 0. The lowest BCUT2D eigenvalue weighted by Crippen LogP contribution is -2.45. The summed E-state index contributed by atoms with van der Waals surface area (Å²) in [5.41, 5.74) is 0.494. The van der Waals surface area contributed by atoms with Crippen LogP contribution >= 0.6 is 11.3 Å². The SMILES string of the molecule is CC(=Cc1csc(C)n1)C1C[C@@H]2O[C@@H]2CCCC(C)[C@H](O)[C@@H](C)C(=O)C(C)(C)[C@@H](O)CC(=O)O1. The molecule has 8 heteroatoms. The Balaban J connectivity index is 1.81. The zero-order chi connectivity index (χ0) is 25.2. The monoisotopic (exact) mass is 493 g/mol. The molecular formula is C26H39NO6S. The van der Waals surface area contributed by atoms with Crippen LogP contribution < -0.4 is 0 Å². The molecule has 0 aromatic carbocycles. The number of hydrogen-bond acceptors (Lipinski definition) is 8. The van der Waals surface area contributed by atoms with Gasteiger partial charge < -0.3 is 19.7 Å². The lowest BCUT2D eigenvalue weighted by atomic mass is 9.73. The number of rotatable bonds is 2. The van der Waals surface area contributed by atoms with Crippen molar-refractivity contribution < 1.29 is 29.3 Å². The van der Waals surface area contributed by atoms with E-state index < -0.39 is 35.6 Å². The van der Waals surface area contributed by atoms with E-state index >= 15 is 0 Å². The highest BCUT2D eigenvalue weighted by Crippen LogP contribution is 2.36. The Labute approximate surface area is 206 Å². The molecular weight excluding hydrogens is 454 g/mol. The predicted octanol–water partition coefficient (Wildman–Crippen LogP) is 4.09. The predicted molar refractivity (Wildman–Crippen MR) is 131 cm³/mol. The molecule has 2 aliphatic rings. The number of thiazole rings is 1. The van der Waals surface area contributed by atoms with Crippen LogP contribution in [0.3, 0.4) is 0 Å². The average Bonchev–Trinajstić information content (AvgIpc) is 3.38. The third-order valence-corrected chi connectivity index (χ3v) is 8.20. The number of carbonyl (C=O) groups is 2. The topological polar surface area (TPSA) is 109 Å². The number of aryl methyl sites for hydroxylation is 1. The van der Waals surface area contributed by atoms with Crippen LogP contribution in [0.25, 0.3) is 6.08 Å². The molecule has 0 saturated carbocycles. The first-order valence-corrected chi connectivity index (χ1v) is 13.1. The highest BCUT2D eigenvalue weighted by Gasteiger charge is 2.44. The molecule has 190 valence electrons. The van der Waals surface area contributed by atoms with Gasteiger partial charge in [0, 0.05) is 17.7 Å². The van der Waals surface area contributed by atoms with E-state index in [1.165, 1.54) is 0 Å². The van der Waals surface area contributed by atoms with Crippen molar-refractivity contribution in [3.8, 4) is 0 Å². The maximum absolute atomic E-state index is 13.2. The van der Waals surface area contributed by atoms with E-state index in [-0.39, 0.29) is 30.3 Å². The molecule has 3 heterocycles. The number of aromatic nitrogens is 1. The Kier molecular flexibility index (Phi) is 8.71. The van der Waals surface area contributed by atoms with Gasteiger partial charge in [0.2, 0.25) is 0 Å². The summed E-state index contributed by atoms with van der Waals surface area (Å²) >= 11 is 1.56. The molecule has 2 fully saturated rings. The lowest BCUT2D eigenvalue weighted by molar-refractivity contribution is -0.154. The molecule has 0 radical (unpaired) electrons. The summed E-state index contributed by atoms with van der Waals surface area (Å²) < 4.78 is 11.7. The minimum atomic E-state index is -1.22. The molecule has 2 aliphatic heterocycles. The van der Waals surface area contributed by atoms with Gasteiger partial charge in [-0.05, 0) is 44.3 Å². The van der Waals surface area contributed by atoms with E-state index in [1.54, 1.807) is 32.1 Å². The third-order valence-electron chi connectivity index (χ3n) is 7.41. The van der Waals surface area contributed by atoms with Crippen molar-refractivity contribution in [2.75, 3.05) is 0 Å². The van der Waals surface area contributed by atoms with Gasteiger partial charge in [-0.1, -0.05) is 34.1 Å². The van der Waals surface area contributed by atoms with E-state index in [1.807, 2.05) is 32.2 Å². The third kappa shape index (κ3) is 6.53. The second kappa shape index (κ2) is 11.0. The second-order valence-corrected chi connectivity index (χ2v) is 11.7. The average molecular weight is 494 g/mol. The van der Waals surface area contributed by atoms with E-state index in [2.05, 4.69) is 4.98 Å². The quantitative estimate of drug-likeness (QED) is 0.472. The smallest absolute Gasteiger partial charge is 0.309 e. The fourth-order valence-corrected chi connectivity index (χ4v) is 5.35. The van der Waals surface area contributed by atoms with Gasteiger partial charge in [-0.25, -0.2) is 4.98 Å². The first kappa shape index (κ1) is 27.0. The molecule has 34 heavy (non-hydrogen) atoms. The van der Waals surface area contributed by atoms with Gasteiger partial charge in [0.15, 0.2) is 0 Å². The Bertz CT molecular complexity index is 909. The van der Waals surface area contributed by atoms with Gasteiger partial charge in [-0.2, -0.15) is 0 Å². The van der Waals surface area contributed by atoms with Gasteiger partial charge in [-0.15, -0.1) is 11.3 Å². The molecule has 0 bridgehead atoms. The van der Waals surface area contributed by atoms with Gasteiger partial charge in [-0.3, -0.25) is 9.59 Å². The largest absolute Gasteiger partial charge is 0.458 e. The molecule has 0 aliphatic carbocycles. The summed E-state index contributed by atoms with van der Waals surface area (Å²) in [5, 5.41) is 24.5. The number of hydrogen-bond donors (Lipinski definition) is 2. The zero-order valence-corrected chi connectivity index (χ0v) is 21.9. The van der Waals surface area contributed by atoms with Crippen LogP contribution in [-0.2, 0) is 19.1 Å². The number of epoxide rings is 1. The van der Waals surface area contributed by atoms with E-state index in [0.717, 1.165) is 35.5 Å². The molecule has 0 amide bonds. The summed E-state index contributed by atoms with van der Waals surface area (Å²) in [4.78, 5) is 30.5. The summed E-state index contributed by atoms with van der Waals surface area (Å²) in [6.45, 7) is 10.8. The Morgan fingerprint density at radius 1 is 1.21 bits per heavy atom. The number of aliphatic hydroxyl groups excluding tert-OH is 2. The van der Waals surface area contributed by atoms with E-state index in [4.69, 9.17) is 9.47 Å². The molecule has 2 unspecified atom stereocenters. The van der Waals surface area contributed by atoms with Gasteiger partial charge >= 0.3 is 5.97 Å². The minimum Gasteiger partial charge on any atom is -0.458 e. The number of carbonyl (C=O) groups excluding carboxylic acids is 2. The highest BCUT2D eigenvalue weighted by molar-refractivity contribution is 7.09. The lowest BCUT2D eigenvalue weighted by Gasteiger charge is -2.34. The van der Waals surface area contributed by atoms with Crippen molar-refractivity contribution in [2.45, 2.75) is 104 Å². The molecule has 2 N–H and O–H groups in total. The Morgan fingerprint density at radius 3 is 2.56 bits per heavy atom. The van der Waals surface area contributed by atoms with Gasteiger partial charge in [0.25, 0.3) is 0 Å². The van der Waals surface area contributed by atoms with Crippen LogP contribution in [0.4, 0.5) is 0 Å². The van der Waals surface area contributed by atoms with Gasteiger partial charge in [0.1, 0.15) is 11.9 Å². The second-order valence-electron chi connectivity index (χ2n) is 10.6. The van der Waals surface area contributed by atoms with Crippen molar-refractivity contribution in [1.29, 1.82) is 0 Å². The van der Waals surface area contributed by atoms with Crippen LogP contribution in [0.1, 0.15) is 77.4 Å². The molecule has 7 nitrogen and oxygen atoms in total.